The van der Waals surface area contributed by atoms with Crippen LogP contribution < -0.4 is 5.32 Å². The number of ether oxygens (including phenoxy) is 3. The lowest BCUT2D eigenvalue weighted by atomic mass is 10.2. The Balaban J connectivity index is 1.00. The van der Waals surface area contributed by atoms with Gasteiger partial charge >= 0.3 is 12.1 Å². The van der Waals surface area contributed by atoms with Crippen LogP contribution in [0, 0.1) is 0 Å². The molecule has 0 saturated carbocycles. The van der Waals surface area contributed by atoms with Crippen LogP contribution in [0.1, 0.15) is 79.5 Å². The third-order valence-corrected chi connectivity index (χ3v) is 7.71. The number of amides is 2. The lowest BCUT2D eigenvalue weighted by molar-refractivity contribution is -0.0634. The molecule has 0 aromatic carbocycles. The molecule has 0 radical (unpaired) electrons. The van der Waals surface area contributed by atoms with Crippen molar-refractivity contribution < 1.29 is 60.2 Å². The van der Waals surface area contributed by atoms with Crippen molar-refractivity contribution in [2.75, 3.05) is 20.3 Å². The standard InChI is InChI=1S/C33H32N8O13/c1-32(2,3)54-31(45)41-22(14-53-33(41,4)5)29-39-20(12-52-29)27-37-17(10-50-27)25-35-16(8-47-25)23(43)34-15(7-42)24-36-18(9-48-24)26-38-19(11-49-26)28-40-21(13-51-28)30(44)46-6/h8-13,15,22,42H,7,14H2,1-6H3,(H,34,43)/t15-,22-/m0/s1. The lowest BCUT2D eigenvalue weighted by Gasteiger charge is -2.34. The maximum Gasteiger partial charge on any atom is 0.413 e. The van der Waals surface area contributed by atoms with E-state index in [-0.39, 0.29) is 76.1 Å². The van der Waals surface area contributed by atoms with Crippen LogP contribution in [-0.2, 0) is 14.2 Å². The summed E-state index contributed by atoms with van der Waals surface area (Å²) in [5.74, 6) is -1.29. The molecule has 1 saturated heterocycles. The van der Waals surface area contributed by atoms with Crippen molar-refractivity contribution >= 4 is 18.0 Å². The maximum absolute atomic E-state index is 13.1. The molecule has 2 amide bonds. The largest absolute Gasteiger partial charge is 0.464 e. The molecular formula is C33H32N8O13. The molecule has 7 heterocycles. The summed E-state index contributed by atoms with van der Waals surface area (Å²) in [6.07, 6.45) is 6.64. The number of rotatable bonds is 10. The Bertz CT molecular complexity index is 2300. The Morgan fingerprint density at radius 3 is 1.98 bits per heavy atom. The van der Waals surface area contributed by atoms with Crippen LogP contribution >= 0.6 is 0 Å². The number of aliphatic hydroxyl groups excluding tert-OH is 1. The molecule has 21 nitrogen and oxygen atoms in total. The molecule has 54 heavy (non-hydrogen) atoms. The summed E-state index contributed by atoms with van der Waals surface area (Å²) in [6, 6.07) is -1.78. The highest BCUT2D eigenvalue weighted by atomic mass is 16.6. The van der Waals surface area contributed by atoms with E-state index >= 15 is 0 Å². The van der Waals surface area contributed by atoms with Crippen LogP contribution in [-0.4, -0.2) is 89.5 Å². The molecule has 2 atom stereocenters. The lowest BCUT2D eigenvalue weighted by Crippen LogP contribution is -2.47. The minimum atomic E-state index is -1.10. The smallest absolute Gasteiger partial charge is 0.413 e. The zero-order valence-electron chi connectivity index (χ0n) is 29.5. The van der Waals surface area contributed by atoms with Gasteiger partial charge in [0.05, 0.1) is 20.3 Å². The summed E-state index contributed by atoms with van der Waals surface area (Å²) in [4.78, 5) is 64.8. The highest BCUT2D eigenvalue weighted by molar-refractivity contribution is 5.92. The molecule has 282 valence electrons. The monoisotopic (exact) mass is 748 g/mol. The van der Waals surface area contributed by atoms with Crippen LogP contribution in [0.15, 0.2) is 64.1 Å². The number of carbonyl (C=O) groups is 3. The Morgan fingerprint density at radius 2 is 1.35 bits per heavy atom. The van der Waals surface area contributed by atoms with Gasteiger partial charge in [-0.05, 0) is 34.6 Å². The number of aromatic nitrogens is 6. The Hall–Kier alpha value is -6.61. The molecule has 21 heteroatoms. The van der Waals surface area contributed by atoms with E-state index in [1.54, 1.807) is 34.6 Å². The first-order valence-corrected chi connectivity index (χ1v) is 16.1. The molecule has 1 aliphatic heterocycles. The molecule has 0 aliphatic carbocycles. The molecule has 0 unspecified atom stereocenters. The summed E-state index contributed by atoms with van der Waals surface area (Å²) in [7, 11) is 1.21. The van der Waals surface area contributed by atoms with Crippen molar-refractivity contribution in [1.82, 2.24) is 40.1 Å². The van der Waals surface area contributed by atoms with Crippen molar-refractivity contribution in [3.05, 3.63) is 60.7 Å². The fourth-order valence-electron chi connectivity index (χ4n) is 5.21. The van der Waals surface area contributed by atoms with E-state index in [0.29, 0.717) is 0 Å². The highest BCUT2D eigenvalue weighted by Gasteiger charge is 2.48. The number of esters is 1. The zero-order chi connectivity index (χ0) is 38.4. The average molecular weight is 749 g/mol. The van der Waals surface area contributed by atoms with Gasteiger partial charge in [0.1, 0.15) is 61.0 Å². The van der Waals surface area contributed by atoms with Crippen LogP contribution in [0.4, 0.5) is 4.79 Å². The SMILES string of the molecule is COC(=O)c1coc(-c2coc(-c3coc([C@H](CO)NC(=O)c4coc(-c5coc(-c6coc([C@@H]7COC(C)(C)N7C(=O)OC(C)(C)C)n6)n5)n4)n3)n2)n1. The van der Waals surface area contributed by atoms with Crippen LogP contribution in [0.2, 0.25) is 0 Å². The van der Waals surface area contributed by atoms with E-state index in [1.807, 2.05) is 0 Å². The van der Waals surface area contributed by atoms with E-state index in [2.05, 4.69) is 40.0 Å². The second-order valence-corrected chi connectivity index (χ2v) is 13.1. The fourth-order valence-corrected chi connectivity index (χ4v) is 5.21. The first kappa shape index (κ1) is 35.8. The first-order valence-electron chi connectivity index (χ1n) is 16.1. The van der Waals surface area contributed by atoms with Gasteiger partial charge in [-0.25, -0.2) is 39.5 Å². The van der Waals surface area contributed by atoms with Gasteiger partial charge < -0.3 is 51.1 Å². The summed E-state index contributed by atoms with van der Waals surface area (Å²) < 4.78 is 49.0. The minimum Gasteiger partial charge on any atom is -0.464 e. The van der Waals surface area contributed by atoms with E-state index in [1.165, 1.54) is 37.1 Å². The molecule has 0 spiro atoms. The van der Waals surface area contributed by atoms with Gasteiger partial charge in [0.25, 0.3) is 5.91 Å². The maximum atomic E-state index is 13.1. The molecular weight excluding hydrogens is 716 g/mol. The van der Waals surface area contributed by atoms with Gasteiger partial charge in [0.2, 0.25) is 35.3 Å². The summed E-state index contributed by atoms with van der Waals surface area (Å²) in [5.41, 5.74) is -1.26. The number of hydrogen-bond acceptors (Lipinski definition) is 19. The fraction of sp³-hybridized carbons (Fsp3) is 0.364. The van der Waals surface area contributed by atoms with Gasteiger partial charge in [0, 0.05) is 0 Å². The number of carbonyl (C=O) groups excluding carboxylic acids is 3. The third kappa shape index (κ3) is 7.08. The Morgan fingerprint density at radius 1 is 0.815 bits per heavy atom. The van der Waals surface area contributed by atoms with Crippen LogP contribution in [0.25, 0.3) is 46.3 Å². The molecule has 2 N–H and O–H groups in total. The van der Waals surface area contributed by atoms with Gasteiger partial charge in [-0.15, -0.1) is 0 Å². The van der Waals surface area contributed by atoms with Crippen molar-refractivity contribution in [3.63, 3.8) is 0 Å². The highest BCUT2D eigenvalue weighted by Crippen LogP contribution is 2.38. The number of methoxy groups -OCH3 is 1. The van der Waals surface area contributed by atoms with Gasteiger partial charge in [-0.3, -0.25) is 9.69 Å². The molecule has 7 rings (SSSR count). The van der Waals surface area contributed by atoms with E-state index in [9.17, 15) is 19.5 Å². The van der Waals surface area contributed by atoms with Gasteiger partial charge in [-0.1, -0.05) is 0 Å². The Kier molecular flexibility index (Phi) is 9.11. The first-order chi connectivity index (χ1) is 25.7. The van der Waals surface area contributed by atoms with Crippen molar-refractivity contribution in [2.24, 2.45) is 0 Å². The second kappa shape index (κ2) is 13.7. The molecule has 1 aliphatic rings. The number of aliphatic hydroxyl groups is 1. The molecule has 0 bridgehead atoms. The summed E-state index contributed by atoms with van der Waals surface area (Å²) >= 11 is 0. The quantitative estimate of drug-likeness (QED) is 0.181. The molecule has 6 aromatic rings. The number of hydrogen-bond donors (Lipinski definition) is 2. The predicted octanol–water partition coefficient (Wildman–Crippen LogP) is 4.58. The zero-order valence-corrected chi connectivity index (χ0v) is 29.5. The minimum absolute atomic E-state index is 0.00276. The molecule has 6 aromatic heterocycles. The summed E-state index contributed by atoms with van der Waals surface area (Å²) in [5, 5.41) is 12.6. The van der Waals surface area contributed by atoms with Gasteiger partial charge in [-0.2, -0.15) is 0 Å². The second-order valence-electron chi connectivity index (χ2n) is 13.1. The van der Waals surface area contributed by atoms with Crippen LogP contribution in [0.5, 0.6) is 0 Å². The normalized spacial score (nSPS) is 16.1. The Labute approximate surface area is 303 Å². The van der Waals surface area contributed by atoms with E-state index in [0.717, 1.165) is 12.5 Å². The average Bonchev–Trinajstić information content (AvgIpc) is 3.97. The molecule has 1 fully saturated rings. The van der Waals surface area contributed by atoms with Crippen molar-refractivity contribution in [2.45, 2.75) is 58.0 Å². The summed E-state index contributed by atoms with van der Waals surface area (Å²) in [6.45, 7) is 8.30. The van der Waals surface area contributed by atoms with Gasteiger partial charge in [0.15, 0.2) is 34.2 Å². The predicted molar refractivity (Wildman–Crippen MR) is 174 cm³/mol. The van der Waals surface area contributed by atoms with E-state index in [4.69, 9.17) is 36.0 Å². The van der Waals surface area contributed by atoms with Crippen molar-refractivity contribution in [1.29, 1.82) is 0 Å². The van der Waals surface area contributed by atoms with Crippen LogP contribution in [0.3, 0.4) is 0 Å². The third-order valence-electron chi connectivity index (χ3n) is 7.71. The number of nitrogens with one attached hydrogen (secondary N) is 1. The topological polar surface area (TPSA) is 271 Å². The number of nitrogens with zero attached hydrogens (tertiary/aromatic N) is 7. The van der Waals surface area contributed by atoms with Crippen molar-refractivity contribution in [3.8, 4) is 46.3 Å². The van der Waals surface area contributed by atoms with E-state index < -0.39 is 48.0 Å². The number of oxazole rings is 6.